The zero-order valence-electron chi connectivity index (χ0n) is 18.2. The number of hydrogen-bond acceptors (Lipinski definition) is 3. The highest BCUT2D eigenvalue weighted by molar-refractivity contribution is 6.35. The molecule has 0 aliphatic carbocycles. The highest BCUT2D eigenvalue weighted by Crippen LogP contribution is 2.41. The third kappa shape index (κ3) is 5.23. The Morgan fingerprint density at radius 3 is 2.31 bits per heavy atom. The molecule has 0 spiro atoms. The van der Waals surface area contributed by atoms with E-state index < -0.39 is 30.6 Å². The molecule has 4 rings (SSSR count). The summed E-state index contributed by atoms with van der Waals surface area (Å²) in [5, 5.41) is 3.18. The summed E-state index contributed by atoms with van der Waals surface area (Å²) >= 11 is 12.0. The van der Waals surface area contributed by atoms with Gasteiger partial charge in [-0.1, -0.05) is 59.6 Å². The summed E-state index contributed by atoms with van der Waals surface area (Å²) in [6, 6.07) is 13.9. The van der Waals surface area contributed by atoms with Crippen LogP contribution in [0.4, 0.5) is 30.2 Å². The monoisotopic (exact) mass is 521 g/mol. The predicted molar refractivity (Wildman–Crippen MR) is 130 cm³/mol. The van der Waals surface area contributed by atoms with Gasteiger partial charge in [0.15, 0.2) is 6.67 Å². The molecule has 0 bridgehead atoms. The number of amides is 2. The molecule has 0 saturated heterocycles. The molecule has 1 heterocycles. The van der Waals surface area contributed by atoms with E-state index in [4.69, 9.17) is 23.2 Å². The number of alkyl halides is 3. The first kappa shape index (κ1) is 24.9. The van der Waals surface area contributed by atoms with E-state index in [1.54, 1.807) is 59.5 Å². The Labute approximate surface area is 210 Å². The zero-order valence-corrected chi connectivity index (χ0v) is 19.7. The van der Waals surface area contributed by atoms with Crippen LogP contribution in [-0.4, -0.2) is 37.1 Å². The Morgan fingerprint density at radius 1 is 1.00 bits per heavy atom. The van der Waals surface area contributed by atoms with Crippen LogP contribution in [0.3, 0.4) is 0 Å². The summed E-state index contributed by atoms with van der Waals surface area (Å²) in [6.07, 6.45) is -0.211. The van der Waals surface area contributed by atoms with Gasteiger partial charge in [-0.3, -0.25) is 9.59 Å². The van der Waals surface area contributed by atoms with E-state index in [-0.39, 0.29) is 34.3 Å². The molecule has 3 aromatic rings. The van der Waals surface area contributed by atoms with Gasteiger partial charge in [0.25, 0.3) is 5.91 Å². The SMILES string of the molecule is O=C(Cc1ccc(Cl)cc1Cl)NC1CN(c2ccccc2)c2ccccc2N(C(F)(F)CF)C1=O. The summed E-state index contributed by atoms with van der Waals surface area (Å²) in [7, 11) is 0. The van der Waals surface area contributed by atoms with Crippen molar-refractivity contribution >= 4 is 52.1 Å². The lowest BCUT2D eigenvalue weighted by molar-refractivity contribution is -0.132. The van der Waals surface area contributed by atoms with Crippen LogP contribution in [0.2, 0.25) is 10.0 Å². The van der Waals surface area contributed by atoms with Gasteiger partial charge in [-0.05, 0) is 42.0 Å². The average molecular weight is 522 g/mol. The molecule has 1 unspecified atom stereocenters. The van der Waals surface area contributed by atoms with Crippen molar-refractivity contribution in [1.29, 1.82) is 0 Å². The van der Waals surface area contributed by atoms with Gasteiger partial charge in [0.05, 0.1) is 24.3 Å². The smallest absolute Gasteiger partial charge is 0.342 e. The molecule has 5 nitrogen and oxygen atoms in total. The molecule has 3 aromatic carbocycles. The number of carbonyl (C=O) groups excluding carboxylic acids is 2. The second kappa shape index (κ2) is 10.2. The lowest BCUT2D eigenvalue weighted by Crippen LogP contribution is -2.57. The van der Waals surface area contributed by atoms with Crippen LogP contribution in [0.25, 0.3) is 0 Å². The highest BCUT2D eigenvalue weighted by atomic mass is 35.5. The number of benzene rings is 3. The van der Waals surface area contributed by atoms with E-state index in [2.05, 4.69) is 5.32 Å². The number of fused-ring (bicyclic) bond motifs is 1. The van der Waals surface area contributed by atoms with Crippen molar-refractivity contribution in [1.82, 2.24) is 5.32 Å². The third-order valence-corrected chi connectivity index (χ3v) is 6.14. The van der Waals surface area contributed by atoms with Crippen LogP contribution >= 0.6 is 23.2 Å². The molecule has 0 fully saturated rings. The minimum atomic E-state index is -4.12. The van der Waals surface area contributed by atoms with Gasteiger partial charge in [0.2, 0.25) is 5.91 Å². The quantitative estimate of drug-likeness (QED) is 0.419. The lowest BCUT2D eigenvalue weighted by atomic mass is 10.1. The summed E-state index contributed by atoms with van der Waals surface area (Å²) in [5.74, 6) is -1.75. The number of hydrogen-bond donors (Lipinski definition) is 1. The highest BCUT2D eigenvalue weighted by Gasteiger charge is 2.48. The second-order valence-electron chi connectivity index (χ2n) is 7.94. The van der Waals surface area contributed by atoms with Gasteiger partial charge in [-0.15, -0.1) is 0 Å². The van der Waals surface area contributed by atoms with Gasteiger partial charge in [-0.2, -0.15) is 8.78 Å². The third-order valence-electron chi connectivity index (χ3n) is 5.55. The molecular weight excluding hydrogens is 502 g/mol. The summed E-state index contributed by atoms with van der Waals surface area (Å²) in [5.41, 5.74) is 1.17. The maximum absolute atomic E-state index is 14.8. The van der Waals surface area contributed by atoms with Gasteiger partial charge < -0.3 is 10.2 Å². The van der Waals surface area contributed by atoms with E-state index in [1.165, 1.54) is 18.2 Å². The van der Waals surface area contributed by atoms with E-state index in [9.17, 15) is 22.8 Å². The van der Waals surface area contributed by atoms with E-state index in [1.807, 2.05) is 0 Å². The summed E-state index contributed by atoms with van der Waals surface area (Å²) in [4.78, 5) is 28.0. The van der Waals surface area contributed by atoms with Gasteiger partial charge in [0.1, 0.15) is 6.04 Å². The van der Waals surface area contributed by atoms with Crippen molar-refractivity contribution in [3.63, 3.8) is 0 Å². The van der Waals surface area contributed by atoms with Gasteiger partial charge in [0, 0.05) is 15.7 Å². The molecule has 1 atom stereocenters. The van der Waals surface area contributed by atoms with Crippen molar-refractivity contribution in [2.24, 2.45) is 0 Å². The molecule has 1 aliphatic rings. The lowest BCUT2D eigenvalue weighted by Gasteiger charge is -2.31. The molecule has 2 amide bonds. The maximum Gasteiger partial charge on any atom is 0.360 e. The molecule has 0 aromatic heterocycles. The molecule has 35 heavy (non-hydrogen) atoms. The number of carbonyl (C=O) groups is 2. The Bertz CT molecular complexity index is 1240. The first-order chi connectivity index (χ1) is 16.7. The molecule has 0 saturated carbocycles. The van der Waals surface area contributed by atoms with E-state index >= 15 is 0 Å². The van der Waals surface area contributed by atoms with E-state index in [0.29, 0.717) is 16.3 Å². The molecule has 1 N–H and O–H groups in total. The topological polar surface area (TPSA) is 52.7 Å². The molecular formula is C25H20Cl2F3N3O2. The fourth-order valence-corrected chi connectivity index (χ4v) is 4.43. The van der Waals surface area contributed by atoms with Crippen molar-refractivity contribution < 1.29 is 22.8 Å². The first-order valence-corrected chi connectivity index (χ1v) is 11.4. The van der Waals surface area contributed by atoms with Crippen LogP contribution in [-0.2, 0) is 16.0 Å². The minimum Gasteiger partial charge on any atom is -0.342 e. The predicted octanol–water partition coefficient (Wildman–Crippen LogP) is 5.77. The number of nitrogens with one attached hydrogen (secondary N) is 1. The maximum atomic E-state index is 14.8. The normalized spacial score (nSPS) is 16.0. The van der Waals surface area contributed by atoms with Crippen LogP contribution in [0.1, 0.15) is 5.56 Å². The zero-order chi connectivity index (χ0) is 25.2. The fraction of sp³-hybridized carbons (Fsp3) is 0.200. The standard InChI is InChI=1S/C25H20Cl2F3N3O2/c26-17-11-10-16(19(27)13-17)12-23(34)31-20-14-32(18-6-2-1-3-7-18)21-8-4-5-9-22(21)33(24(20)35)25(29,30)15-28/h1-11,13,20H,12,14-15H2,(H,31,34). The van der Waals surface area contributed by atoms with Crippen molar-refractivity contribution in [3.8, 4) is 0 Å². The molecule has 10 heteroatoms. The van der Waals surface area contributed by atoms with Crippen LogP contribution in [0, 0.1) is 0 Å². The molecule has 1 aliphatic heterocycles. The average Bonchev–Trinajstić information content (AvgIpc) is 2.96. The Kier molecular flexibility index (Phi) is 7.23. The van der Waals surface area contributed by atoms with Crippen molar-refractivity contribution in [2.75, 3.05) is 23.0 Å². The number of rotatable bonds is 6. The first-order valence-electron chi connectivity index (χ1n) is 10.6. The number of nitrogens with zero attached hydrogens (tertiary/aromatic N) is 2. The number of anilines is 3. The fourth-order valence-electron chi connectivity index (χ4n) is 3.96. The van der Waals surface area contributed by atoms with Gasteiger partial charge in [-0.25, -0.2) is 9.29 Å². The van der Waals surface area contributed by atoms with Crippen molar-refractivity contribution in [3.05, 3.63) is 88.4 Å². The summed E-state index contributed by atoms with van der Waals surface area (Å²) < 4.78 is 43.0. The number of para-hydroxylation sites is 3. The second-order valence-corrected chi connectivity index (χ2v) is 8.78. The largest absolute Gasteiger partial charge is 0.360 e. The summed E-state index contributed by atoms with van der Waals surface area (Å²) in [6.45, 7) is -2.24. The Balaban J connectivity index is 1.73. The molecule has 0 radical (unpaired) electrons. The molecule has 182 valence electrons. The number of halogens is 5. The van der Waals surface area contributed by atoms with Crippen LogP contribution < -0.4 is 15.1 Å². The van der Waals surface area contributed by atoms with Crippen LogP contribution in [0.15, 0.2) is 72.8 Å². The minimum absolute atomic E-state index is 0.130. The Morgan fingerprint density at radius 2 is 1.66 bits per heavy atom. The van der Waals surface area contributed by atoms with Crippen LogP contribution in [0.5, 0.6) is 0 Å². The van der Waals surface area contributed by atoms with E-state index in [0.717, 1.165) is 0 Å². The Hall–Kier alpha value is -3.23. The van der Waals surface area contributed by atoms with Crippen molar-refractivity contribution in [2.45, 2.75) is 18.5 Å². The van der Waals surface area contributed by atoms with Gasteiger partial charge >= 0.3 is 6.05 Å².